The molecule has 2 aliphatic heterocycles. The number of anilines is 1. The predicted molar refractivity (Wildman–Crippen MR) is 95.2 cm³/mol. The third-order valence-corrected chi connectivity index (χ3v) is 4.10. The number of guanidine groups is 1. The molecule has 3 rings (SSSR count). The summed E-state index contributed by atoms with van der Waals surface area (Å²) in [6.45, 7) is 8.00. The normalized spacial score (nSPS) is 20.5. The summed E-state index contributed by atoms with van der Waals surface area (Å²) >= 11 is 0. The number of hydrogen-bond donors (Lipinski definition) is 2. The standard InChI is InChI=1S/C18H26N4O2/c1-18(2,3)24-17(23)20-14-8-6-10-22(12-14)16-19-11-13-7-4-5-9-15(13)21-16/h4-5,7,9,14H,6,8,10-12H2,1-3H3,(H,19,21)(H,20,23)/t14-/m0/s1. The van der Waals surface area contributed by atoms with E-state index < -0.39 is 5.60 Å². The highest BCUT2D eigenvalue weighted by Crippen LogP contribution is 2.22. The van der Waals surface area contributed by atoms with Crippen molar-refractivity contribution in [3.63, 3.8) is 0 Å². The van der Waals surface area contributed by atoms with Gasteiger partial charge in [0.2, 0.25) is 0 Å². The molecule has 130 valence electrons. The number of benzene rings is 1. The maximum Gasteiger partial charge on any atom is 0.407 e. The van der Waals surface area contributed by atoms with Gasteiger partial charge < -0.3 is 20.3 Å². The van der Waals surface area contributed by atoms with Gasteiger partial charge in [0.15, 0.2) is 5.96 Å². The van der Waals surface area contributed by atoms with E-state index in [1.807, 2.05) is 32.9 Å². The molecule has 24 heavy (non-hydrogen) atoms. The number of ether oxygens (including phenoxy) is 1. The van der Waals surface area contributed by atoms with Gasteiger partial charge >= 0.3 is 6.09 Å². The minimum Gasteiger partial charge on any atom is -0.444 e. The molecule has 6 heteroatoms. The monoisotopic (exact) mass is 330 g/mol. The molecule has 0 radical (unpaired) electrons. The van der Waals surface area contributed by atoms with Crippen molar-refractivity contribution in [2.75, 3.05) is 18.4 Å². The first-order chi connectivity index (χ1) is 11.4. The van der Waals surface area contributed by atoms with Crippen LogP contribution >= 0.6 is 0 Å². The summed E-state index contributed by atoms with van der Waals surface area (Å²) in [5.41, 5.74) is 1.85. The van der Waals surface area contributed by atoms with Crippen LogP contribution < -0.4 is 10.6 Å². The van der Waals surface area contributed by atoms with Crippen LogP contribution in [0.25, 0.3) is 0 Å². The predicted octanol–water partition coefficient (Wildman–Crippen LogP) is 2.96. The SMILES string of the molecule is CC(C)(C)OC(=O)N[C@H]1CCCN(C2=NCc3ccccc3N2)C1. The molecule has 2 heterocycles. The lowest BCUT2D eigenvalue weighted by atomic mass is 10.1. The Morgan fingerprint density at radius 1 is 1.38 bits per heavy atom. The first kappa shape index (κ1) is 16.6. The molecule has 2 N–H and O–H groups in total. The molecule has 2 aliphatic rings. The highest BCUT2D eigenvalue weighted by Gasteiger charge is 2.27. The van der Waals surface area contributed by atoms with E-state index in [4.69, 9.17) is 4.74 Å². The number of likely N-dealkylation sites (tertiary alicyclic amines) is 1. The van der Waals surface area contributed by atoms with E-state index >= 15 is 0 Å². The molecule has 1 fully saturated rings. The van der Waals surface area contributed by atoms with E-state index in [0.29, 0.717) is 6.54 Å². The molecule has 0 aliphatic carbocycles. The van der Waals surface area contributed by atoms with Crippen molar-refractivity contribution in [2.24, 2.45) is 4.99 Å². The van der Waals surface area contributed by atoms with E-state index in [2.05, 4.69) is 32.7 Å². The number of carbonyl (C=O) groups is 1. The molecule has 0 saturated carbocycles. The van der Waals surface area contributed by atoms with E-state index in [9.17, 15) is 4.79 Å². The summed E-state index contributed by atoms with van der Waals surface area (Å²) in [6, 6.07) is 8.30. The number of alkyl carbamates (subject to hydrolysis) is 1. The Kier molecular flexibility index (Phi) is 4.64. The van der Waals surface area contributed by atoms with Crippen molar-refractivity contribution in [3.05, 3.63) is 29.8 Å². The summed E-state index contributed by atoms with van der Waals surface area (Å²) < 4.78 is 5.35. The Balaban J connectivity index is 1.58. The van der Waals surface area contributed by atoms with Crippen LogP contribution in [-0.4, -0.2) is 41.7 Å². The first-order valence-electron chi connectivity index (χ1n) is 8.54. The number of para-hydroxylation sites is 1. The lowest BCUT2D eigenvalue weighted by Gasteiger charge is -2.36. The largest absolute Gasteiger partial charge is 0.444 e. The smallest absolute Gasteiger partial charge is 0.407 e. The second-order valence-corrected chi connectivity index (χ2v) is 7.35. The molecule has 1 saturated heterocycles. The second-order valence-electron chi connectivity index (χ2n) is 7.35. The topological polar surface area (TPSA) is 66.0 Å². The number of nitrogens with zero attached hydrogens (tertiary/aromatic N) is 2. The van der Waals surface area contributed by atoms with Crippen LogP contribution in [0.2, 0.25) is 0 Å². The zero-order valence-corrected chi connectivity index (χ0v) is 14.6. The number of fused-ring (bicyclic) bond motifs is 1. The fraction of sp³-hybridized carbons (Fsp3) is 0.556. The molecular formula is C18H26N4O2. The van der Waals surface area contributed by atoms with Crippen molar-refractivity contribution in [1.82, 2.24) is 10.2 Å². The Morgan fingerprint density at radius 3 is 2.96 bits per heavy atom. The number of rotatable bonds is 1. The Hall–Kier alpha value is -2.24. The summed E-state index contributed by atoms with van der Waals surface area (Å²) in [6.07, 6.45) is 1.63. The first-order valence-corrected chi connectivity index (χ1v) is 8.54. The number of nitrogens with one attached hydrogen (secondary N) is 2. The fourth-order valence-corrected chi connectivity index (χ4v) is 3.04. The lowest BCUT2D eigenvalue weighted by Crippen LogP contribution is -2.52. The minimum absolute atomic E-state index is 0.0790. The van der Waals surface area contributed by atoms with E-state index in [1.165, 1.54) is 5.56 Å². The van der Waals surface area contributed by atoms with Crippen LogP contribution in [0, 0.1) is 0 Å². The second kappa shape index (κ2) is 6.71. The van der Waals surface area contributed by atoms with Gasteiger partial charge in [-0.2, -0.15) is 0 Å². The number of piperidine rings is 1. The van der Waals surface area contributed by atoms with E-state index in [0.717, 1.165) is 37.6 Å². The van der Waals surface area contributed by atoms with Gasteiger partial charge in [-0.05, 0) is 45.2 Å². The average Bonchev–Trinajstić information content (AvgIpc) is 2.53. The van der Waals surface area contributed by atoms with E-state index in [1.54, 1.807) is 0 Å². The van der Waals surface area contributed by atoms with Crippen LogP contribution in [0.4, 0.5) is 10.5 Å². The van der Waals surface area contributed by atoms with Crippen molar-refractivity contribution < 1.29 is 9.53 Å². The van der Waals surface area contributed by atoms with Crippen molar-refractivity contribution in [2.45, 2.75) is 51.8 Å². The van der Waals surface area contributed by atoms with Crippen molar-refractivity contribution >= 4 is 17.7 Å². The van der Waals surface area contributed by atoms with Crippen LogP contribution in [0.3, 0.4) is 0 Å². The summed E-state index contributed by atoms with van der Waals surface area (Å²) in [5, 5.41) is 6.39. The van der Waals surface area contributed by atoms with Crippen LogP contribution in [0.5, 0.6) is 0 Å². The zero-order chi connectivity index (χ0) is 17.2. The van der Waals surface area contributed by atoms with E-state index in [-0.39, 0.29) is 12.1 Å². The Morgan fingerprint density at radius 2 is 2.17 bits per heavy atom. The molecule has 0 spiro atoms. The molecule has 1 aromatic rings. The van der Waals surface area contributed by atoms with Gasteiger partial charge in [-0.3, -0.25) is 0 Å². The number of carbonyl (C=O) groups excluding carboxylic acids is 1. The molecule has 1 amide bonds. The Bertz CT molecular complexity index is 636. The maximum atomic E-state index is 12.0. The fourth-order valence-electron chi connectivity index (χ4n) is 3.04. The highest BCUT2D eigenvalue weighted by molar-refractivity contribution is 5.95. The molecule has 1 atom stereocenters. The minimum atomic E-state index is -0.475. The Labute approximate surface area is 143 Å². The molecule has 0 aromatic heterocycles. The van der Waals surface area contributed by atoms with Crippen molar-refractivity contribution in [1.29, 1.82) is 0 Å². The summed E-state index contributed by atoms with van der Waals surface area (Å²) in [4.78, 5) is 18.8. The van der Waals surface area contributed by atoms with Crippen LogP contribution in [0.1, 0.15) is 39.2 Å². The number of aliphatic imine (C=N–C) groups is 1. The molecular weight excluding hydrogens is 304 g/mol. The molecule has 1 aromatic carbocycles. The lowest BCUT2D eigenvalue weighted by molar-refractivity contribution is 0.0485. The van der Waals surface area contributed by atoms with Crippen LogP contribution in [-0.2, 0) is 11.3 Å². The molecule has 0 unspecified atom stereocenters. The van der Waals surface area contributed by atoms with Crippen molar-refractivity contribution in [3.8, 4) is 0 Å². The molecule has 6 nitrogen and oxygen atoms in total. The van der Waals surface area contributed by atoms with Gasteiger partial charge in [0.25, 0.3) is 0 Å². The summed E-state index contributed by atoms with van der Waals surface area (Å²) in [5.74, 6) is 0.893. The van der Waals surface area contributed by atoms with Crippen LogP contribution in [0.15, 0.2) is 29.3 Å². The third kappa shape index (κ3) is 4.19. The third-order valence-electron chi connectivity index (χ3n) is 4.10. The average molecular weight is 330 g/mol. The van der Waals surface area contributed by atoms with Gasteiger partial charge in [-0.15, -0.1) is 0 Å². The van der Waals surface area contributed by atoms with Gasteiger partial charge in [0, 0.05) is 24.8 Å². The van der Waals surface area contributed by atoms with Gasteiger partial charge in [-0.25, -0.2) is 9.79 Å². The number of hydrogen-bond acceptors (Lipinski definition) is 5. The number of amides is 1. The maximum absolute atomic E-state index is 12.0. The summed E-state index contributed by atoms with van der Waals surface area (Å²) in [7, 11) is 0. The van der Waals surface area contributed by atoms with Gasteiger partial charge in [0.1, 0.15) is 5.60 Å². The highest BCUT2D eigenvalue weighted by atomic mass is 16.6. The van der Waals surface area contributed by atoms with Gasteiger partial charge in [0.05, 0.1) is 6.54 Å². The quantitative estimate of drug-likeness (QED) is 0.831. The van der Waals surface area contributed by atoms with Gasteiger partial charge in [-0.1, -0.05) is 18.2 Å². The molecule has 0 bridgehead atoms. The zero-order valence-electron chi connectivity index (χ0n) is 14.6.